The lowest BCUT2D eigenvalue weighted by Gasteiger charge is -2.13. The summed E-state index contributed by atoms with van der Waals surface area (Å²) in [6.07, 6.45) is 0. The summed E-state index contributed by atoms with van der Waals surface area (Å²) in [5.74, 6) is -1.38. The van der Waals surface area contributed by atoms with Crippen LogP contribution in [0, 0.1) is 0 Å². The first-order valence-corrected chi connectivity index (χ1v) is 10.7. The Balaban J connectivity index is 1.51. The quantitative estimate of drug-likeness (QED) is 0.681. The molecule has 3 aromatic rings. The van der Waals surface area contributed by atoms with Gasteiger partial charge in [0.2, 0.25) is 5.91 Å². The third-order valence-corrected chi connectivity index (χ3v) is 6.97. The molecule has 0 spiro atoms. The van der Waals surface area contributed by atoms with Gasteiger partial charge in [-0.1, -0.05) is 41.9 Å². The van der Waals surface area contributed by atoms with Gasteiger partial charge in [-0.15, -0.1) is 11.3 Å². The maximum atomic E-state index is 12.5. The highest BCUT2D eigenvalue weighted by molar-refractivity contribution is 7.90. The van der Waals surface area contributed by atoms with Crippen LogP contribution in [0.25, 0.3) is 11.3 Å². The number of fused-ring (bicyclic) bond motifs is 1. The number of hydrogen-bond donors (Lipinski definition) is 1. The fourth-order valence-corrected chi connectivity index (χ4v) is 5.28. The zero-order valence-corrected chi connectivity index (χ0v) is 16.5. The van der Waals surface area contributed by atoms with Crippen molar-refractivity contribution < 1.29 is 18.0 Å². The number of carbonyl (C=O) groups excluding carboxylic acids is 2. The third-order valence-electron chi connectivity index (χ3n) is 4.10. The van der Waals surface area contributed by atoms with Gasteiger partial charge < -0.3 is 5.32 Å². The standard InChI is InChI=1S/C18H12ClN3O4S2/c19-13-7-3-1-5-11(13)14-10-27-18(20-14)21-16(23)9-22-17(24)12-6-2-4-8-15(12)28(22,25)26/h1-8,10H,9H2,(H,20,21,23). The van der Waals surface area contributed by atoms with Gasteiger partial charge in [-0.3, -0.25) is 9.59 Å². The van der Waals surface area contributed by atoms with Gasteiger partial charge in [0.15, 0.2) is 5.13 Å². The van der Waals surface area contributed by atoms with Crippen LogP contribution in [0.15, 0.2) is 58.8 Å². The Morgan fingerprint density at radius 3 is 2.50 bits per heavy atom. The average Bonchev–Trinajstić information content (AvgIpc) is 3.20. The van der Waals surface area contributed by atoms with E-state index in [1.807, 2.05) is 6.07 Å². The van der Waals surface area contributed by atoms with E-state index >= 15 is 0 Å². The average molecular weight is 434 g/mol. The van der Waals surface area contributed by atoms with Crippen molar-refractivity contribution >= 4 is 49.9 Å². The van der Waals surface area contributed by atoms with E-state index in [9.17, 15) is 18.0 Å². The van der Waals surface area contributed by atoms with Gasteiger partial charge in [-0.2, -0.15) is 0 Å². The van der Waals surface area contributed by atoms with E-state index in [0.29, 0.717) is 20.6 Å². The van der Waals surface area contributed by atoms with E-state index in [1.165, 1.54) is 29.5 Å². The fraction of sp³-hybridized carbons (Fsp3) is 0.0556. The van der Waals surface area contributed by atoms with E-state index in [1.54, 1.807) is 29.6 Å². The SMILES string of the molecule is O=C(CN1C(=O)c2ccccc2S1(=O)=O)Nc1nc(-c2ccccc2Cl)cs1. The number of rotatable bonds is 4. The van der Waals surface area contributed by atoms with Crippen molar-refractivity contribution in [1.29, 1.82) is 0 Å². The smallest absolute Gasteiger partial charge is 0.269 e. The van der Waals surface area contributed by atoms with E-state index in [4.69, 9.17) is 11.6 Å². The molecule has 0 bridgehead atoms. The van der Waals surface area contributed by atoms with Crippen LogP contribution in [0.3, 0.4) is 0 Å². The van der Waals surface area contributed by atoms with Gasteiger partial charge in [-0.25, -0.2) is 17.7 Å². The minimum atomic E-state index is -4.04. The molecule has 142 valence electrons. The molecule has 0 saturated heterocycles. The molecule has 0 aliphatic carbocycles. The number of hydrogen-bond acceptors (Lipinski definition) is 6. The third kappa shape index (κ3) is 3.17. The molecule has 2 aromatic carbocycles. The largest absolute Gasteiger partial charge is 0.300 e. The van der Waals surface area contributed by atoms with E-state index in [2.05, 4.69) is 10.3 Å². The molecule has 0 unspecified atom stereocenters. The van der Waals surface area contributed by atoms with Crippen molar-refractivity contribution in [3.8, 4) is 11.3 Å². The number of halogens is 1. The molecule has 4 rings (SSSR count). The molecule has 0 atom stereocenters. The molecule has 10 heteroatoms. The second-order valence-electron chi connectivity index (χ2n) is 5.88. The number of thiazole rings is 1. The highest BCUT2D eigenvalue weighted by atomic mass is 35.5. The topological polar surface area (TPSA) is 96.4 Å². The van der Waals surface area contributed by atoms with Crippen LogP contribution in [0.2, 0.25) is 5.02 Å². The minimum absolute atomic E-state index is 0.0607. The van der Waals surface area contributed by atoms with Crippen molar-refractivity contribution in [2.45, 2.75) is 4.90 Å². The molecular weight excluding hydrogens is 422 g/mol. The Morgan fingerprint density at radius 1 is 1.11 bits per heavy atom. The molecule has 0 radical (unpaired) electrons. The van der Waals surface area contributed by atoms with E-state index in [0.717, 1.165) is 0 Å². The van der Waals surface area contributed by atoms with Crippen molar-refractivity contribution in [2.75, 3.05) is 11.9 Å². The van der Waals surface area contributed by atoms with Gasteiger partial charge in [0.05, 0.1) is 11.3 Å². The summed E-state index contributed by atoms with van der Waals surface area (Å²) in [6, 6.07) is 13.0. The minimum Gasteiger partial charge on any atom is -0.300 e. The maximum Gasteiger partial charge on any atom is 0.269 e. The lowest BCUT2D eigenvalue weighted by atomic mass is 10.2. The predicted molar refractivity (Wildman–Crippen MR) is 106 cm³/mol. The van der Waals surface area contributed by atoms with Crippen LogP contribution in [0.4, 0.5) is 5.13 Å². The first kappa shape index (κ1) is 18.6. The fourth-order valence-electron chi connectivity index (χ4n) is 2.80. The first-order chi connectivity index (χ1) is 13.4. The molecule has 1 N–H and O–H groups in total. The molecule has 2 amide bonds. The molecular formula is C18H12ClN3O4S2. The second-order valence-corrected chi connectivity index (χ2v) is 8.97. The summed E-state index contributed by atoms with van der Waals surface area (Å²) in [5, 5.41) is 5.06. The van der Waals surface area contributed by atoms with Crippen LogP contribution in [-0.4, -0.2) is 36.1 Å². The highest BCUT2D eigenvalue weighted by Crippen LogP contribution is 2.31. The Bertz CT molecular complexity index is 1210. The molecule has 1 aliphatic rings. The zero-order valence-electron chi connectivity index (χ0n) is 14.1. The summed E-state index contributed by atoms with van der Waals surface area (Å²) in [5.41, 5.74) is 1.36. The number of amides is 2. The molecule has 1 aliphatic heterocycles. The van der Waals surface area contributed by atoms with Crippen LogP contribution >= 0.6 is 22.9 Å². The summed E-state index contributed by atoms with van der Waals surface area (Å²) in [4.78, 5) is 28.9. The summed E-state index contributed by atoms with van der Waals surface area (Å²) in [6.45, 7) is -0.628. The van der Waals surface area contributed by atoms with Crippen molar-refractivity contribution in [2.24, 2.45) is 0 Å². The summed E-state index contributed by atoms with van der Waals surface area (Å²) in [7, 11) is -4.04. The Labute approximate surface area is 169 Å². The Hall–Kier alpha value is -2.75. The number of nitrogens with zero attached hydrogens (tertiary/aromatic N) is 2. The molecule has 0 fully saturated rings. The van der Waals surface area contributed by atoms with Crippen LogP contribution in [-0.2, 0) is 14.8 Å². The van der Waals surface area contributed by atoms with Crippen LogP contribution in [0.1, 0.15) is 10.4 Å². The molecule has 0 saturated carbocycles. The normalized spacial score (nSPS) is 14.8. The predicted octanol–water partition coefficient (Wildman–Crippen LogP) is 3.25. The van der Waals surface area contributed by atoms with Gasteiger partial charge in [0, 0.05) is 16.0 Å². The highest BCUT2D eigenvalue weighted by Gasteiger charge is 2.41. The number of sulfonamides is 1. The molecule has 1 aromatic heterocycles. The lowest BCUT2D eigenvalue weighted by Crippen LogP contribution is -2.37. The second kappa shape index (κ2) is 7.01. The Kier molecular flexibility index (Phi) is 4.66. The van der Waals surface area contributed by atoms with Crippen molar-refractivity contribution in [1.82, 2.24) is 9.29 Å². The summed E-state index contributed by atoms with van der Waals surface area (Å²) >= 11 is 7.32. The lowest BCUT2D eigenvalue weighted by molar-refractivity contribution is -0.116. The molecule has 28 heavy (non-hydrogen) atoms. The number of benzene rings is 2. The Morgan fingerprint density at radius 2 is 1.79 bits per heavy atom. The number of anilines is 1. The monoisotopic (exact) mass is 433 g/mol. The molecule has 7 nitrogen and oxygen atoms in total. The first-order valence-electron chi connectivity index (χ1n) is 8.04. The number of carbonyl (C=O) groups is 2. The van der Waals surface area contributed by atoms with Crippen molar-refractivity contribution in [3.05, 3.63) is 64.5 Å². The van der Waals surface area contributed by atoms with Crippen LogP contribution < -0.4 is 5.32 Å². The van der Waals surface area contributed by atoms with Crippen molar-refractivity contribution in [3.63, 3.8) is 0 Å². The van der Waals surface area contributed by atoms with Gasteiger partial charge in [-0.05, 0) is 18.2 Å². The maximum absolute atomic E-state index is 12.5. The number of aromatic nitrogens is 1. The van der Waals surface area contributed by atoms with E-state index in [-0.39, 0.29) is 15.6 Å². The number of nitrogens with one attached hydrogen (secondary N) is 1. The van der Waals surface area contributed by atoms with Crippen LogP contribution in [0.5, 0.6) is 0 Å². The zero-order chi connectivity index (χ0) is 19.9. The van der Waals surface area contributed by atoms with Gasteiger partial charge in [0.25, 0.3) is 15.9 Å². The van der Waals surface area contributed by atoms with E-state index < -0.39 is 28.4 Å². The molecule has 2 heterocycles. The summed E-state index contributed by atoms with van der Waals surface area (Å²) < 4.78 is 25.6. The van der Waals surface area contributed by atoms with Gasteiger partial charge >= 0.3 is 0 Å². The van der Waals surface area contributed by atoms with Gasteiger partial charge in [0.1, 0.15) is 11.4 Å².